The molecule has 0 aliphatic rings. The zero-order valence-corrected chi connectivity index (χ0v) is 10.7. The Labute approximate surface area is 108 Å². The van der Waals surface area contributed by atoms with Gasteiger partial charge in [-0.3, -0.25) is 0 Å². The summed E-state index contributed by atoms with van der Waals surface area (Å²) in [5.41, 5.74) is 4.60. The van der Waals surface area contributed by atoms with Gasteiger partial charge in [0, 0.05) is 11.6 Å². The van der Waals surface area contributed by atoms with Gasteiger partial charge in [-0.1, -0.05) is 26.7 Å². The molecule has 2 N–H and O–H groups in total. The molecular weight excluding hydrogens is 265 g/mol. The third-order valence-corrected chi connectivity index (χ3v) is 2.91. The van der Waals surface area contributed by atoms with E-state index in [0.717, 1.165) is 6.42 Å². The van der Waals surface area contributed by atoms with Crippen LogP contribution in [0.5, 0.6) is 0 Å². The third-order valence-electron chi connectivity index (χ3n) is 2.91. The molecule has 1 unspecified atom stereocenters. The van der Waals surface area contributed by atoms with Gasteiger partial charge in [0.1, 0.15) is 0 Å². The van der Waals surface area contributed by atoms with E-state index >= 15 is 0 Å². The minimum Gasteiger partial charge on any atom is -0.324 e. The van der Waals surface area contributed by atoms with Gasteiger partial charge in [0.25, 0.3) is 0 Å². The summed E-state index contributed by atoms with van der Waals surface area (Å²) >= 11 is 0. The van der Waals surface area contributed by atoms with E-state index in [2.05, 4.69) is 0 Å². The molecule has 0 aromatic heterocycles. The molecule has 19 heavy (non-hydrogen) atoms. The Morgan fingerprint density at radius 1 is 0.789 bits per heavy atom. The molecule has 0 heterocycles. The largest absolute Gasteiger partial charge is 0.324 e. The van der Waals surface area contributed by atoms with Gasteiger partial charge in [0.15, 0.2) is 23.3 Å². The fraction of sp³-hybridized carbons (Fsp3) is 0.538. The van der Waals surface area contributed by atoms with Crippen LogP contribution in [0.2, 0.25) is 0 Å². The van der Waals surface area contributed by atoms with Gasteiger partial charge in [0.2, 0.25) is 5.82 Å². The highest BCUT2D eigenvalue weighted by Gasteiger charge is 2.28. The molecule has 1 aromatic carbocycles. The smallest absolute Gasteiger partial charge is 0.200 e. The number of hydrogen-bond donors (Lipinski definition) is 1. The van der Waals surface area contributed by atoms with Crippen LogP contribution in [0.25, 0.3) is 0 Å². The van der Waals surface area contributed by atoms with E-state index in [4.69, 9.17) is 5.73 Å². The van der Waals surface area contributed by atoms with Gasteiger partial charge >= 0.3 is 0 Å². The van der Waals surface area contributed by atoms with Crippen molar-refractivity contribution in [2.24, 2.45) is 11.7 Å². The Balaban J connectivity index is 3.00. The van der Waals surface area contributed by atoms with E-state index in [1.165, 1.54) is 0 Å². The van der Waals surface area contributed by atoms with Crippen LogP contribution in [-0.2, 0) is 0 Å². The van der Waals surface area contributed by atoms with E-state index in [9.17, 15) is 22.0 Å². The van der Waals surface area contributed by atoms with Crippen molar-refractivity contribution in [1.82, 2.24) is 0 Å². The van der Waals surface area contributed by atoms with Crippen LogP contribution >= 0.6 is 0 Å². The van der Waals surface area contributed by atoms with Crippen molar-refractivity contribution < 1.29 is 22.0 Å². The first kappa shape index (κ1) is 15.9. The normalized spacial score (nSPS) is 13.1. The summed E-state index contributed by atoms with van der Waals surface area (Å²) < 4.78 is 65.7. The van der Waals surface area contributed by atoms with Crippen molar-refractivity contribution in [3.8, 4) is 0 Å². The van der Waals surface area contributed by atoms with Crippen LogP contribution in [0.1, 0.15) is 44.7 Å². The van der Waals surface area contributed by atoms with E-state index < -0.39 is 40.7 Å². The number of halogens is 5. The Kier molecular flexibility index (Phi) is 5.29. The van der Waals surface area contributed by atoms with Crippen LogP contribution < -0.4 is 5.73 Å². The van der Waals surface area contributed by atoms with Crippen LogP contribution in [0, 0.1) is 35.0 Å². The molecule has 0 aliphatic carbocycles. The third kappa shape index (κ3) is 3.43. The first-order chi connectivity index (χ1) is 8.77. The van der Waals surface area contributed by atoms with Crippen molar-refractivity contribution in [1.29, 1.82) is 0 Å². The molecular formula is C13H16F5N. The molecule has 108 valence electrons. The van der Waals surface area contributed by atoms with Crippen molar-refractivity contribution in [3.05, 3.63) is 34.6 Å². The minimum atomic E-state index is -2.16. The predicted octanol–water partition coefficient (Wildman–Crippen LogP) is 4.21. The summed E-state index contributed by atoms with van der Waals surface area (Å²) in [7, 11) is 0. The van der Waals surface area contributed by atoms with Crippen molar-refractivity contribution in [3.63, 3.8) is 0 Å². The van der Waals surface area contributed by atoms with Gasteiger partial charge in [0.05, 0.1) is 0 Å². The monoisotopic (exact) mass is 281 g/mol. The van der Waals surface area contributed by atoms with E-state index in [1.54, 1.807) is 0 Å². The highest BCUT2D eigenvalue weighted by molar-refractivity contribution is 5.26. The molecule has 0 saturated carbocycles. The first-order valence-corrected chi connectivity index (χ1v) is 6.04. The lowest BCUT2D eigenvalue weighted by Crippen LogP contribution is -2.18. The van der Waals surface area contributed by atoms with Crippen LogP contribution in [0.4, 0.5) is 22.0 Å². The maximum atomic E-state index is 13.4. The van der Waals surface area contributed by atoms with Crippen molar-refractivity contribution in [2.75, 3.05) is 0 Å². The predicted molar refractivity (Wildman–Crippen MR) is 61.8 cm³/mol. The van der Waals surface area contributed by atoms with Crippen LogP contribution in [0.15, 0.2) is 0 Å². The summed E-state index contributed by atoms with van der Waals surface area (Å²) in [5, 5.41) is 0. The van der Waals surface area contributed by atoms with Crippen molar-refractivity contribution in [2.45, 2.75) is 39.2 Å². The molecule has 0 amide bonds. The molecule has 1 atom stereocenters. The molecule has 0 spiro atoms. The van der Waals surface area contributed by atoms with E-state index in [-0.39, 0.29) is 6.42 Å². The van der Waals surface area contributed by atoms with Gasteiger partial charge in [-0.15, -0.1) is 0 Å². The molecule has 1 aromatic rings. The Hall–Kier alpha value is -1.17. The Bertz CT molecular complexity index is 430. The molecule has 0 fully saturated rings. The summed E-state index contributed by atoms with van der Waals surface area (Å²) in [6.07, 6.45) is 1.48. The fourth-order valence-corrected chi connectivity index (χ4v) is 1.84. The minimum absolute atomic E-state index is 0.163. The van der Waals surface area contributed by atoms with Crippen LogP contribution in [-0.4, -0.2) is 0 Å². The topological polar surface area (TPSA) is 26.0 Å². The average molecular weight is 281 g/mol. The van der Waals surface area contributed by atoms with Gasteiger partial charge in [-0.2, -0.15) is 0 Å². The number of rotatable bonds is 5. The van der Waals surface area contributed by atoms with E-state index in [0.29, 0.717) is 12.3 Å². The lowest BCUT2D eigenvalue weighted by Gasteiger charge is -2.15. The SMILES string of the molecule is CC(C)CCCC(N)c1c(F)c(F)c(F)c(F)c1F. The number of nitrogens with two attached hydrogens (primary N) is 1. The van der Waals surface area contributed by atoms with E-state index in [1.807, 2.05) is 13.8 Å². The number of benzene rings is 1. The molecule has 0 bridgehead atoms. The highest BCUT2D eigenvalue weighted by Crippen LogP contribution is 2.29. The lowest BCUT2D eigenvalue weighted by atomic mass is 9.97. The van der Waals surface area contributed by atoms with Gasteiger partial charge < -0.3 is 5.73 Å². The zero-order chi connectivity index (χ0) is 14.7. The summed E-state index contributed by atoms with van der Waals surface area (Å²) in [5.74, 6) is -9.36. The summed E-state index contributed by atoms with van der Waals surface area (Å²) in [6, 6.07) is -1.21. The molecule has 1 nitrogen and oxygen atoms in total. The second-order valence-electron chi connectivity index (χ2n) is 4.91. The van der Waals surface area contributed by atoms with Crippen molar-refractivity contribution >= 4 is 0 Å². The van der Waals surface area contributed by atoms with Crippen LogP contribution in [0.3, 0.4) is 0 Å². The Morgan fingerprint density at radius 3 is 1.63 bits per heavy atom. The average Bonchev–Trinajstić information content (AvgIpc) is 2.34. The second-order valence-corrected chi connectivity index (χ2v) is 4.91. The molecule has 0 saturated heterocycles. The summed E-state index contributed by atoms with van der Waals surface area (Å²) in [4.78, 5) is 0. The standard InChI is InChI=1S/C13H16F5N/c1-6(2)4-3-5-7(19)8-9(14)11(16)13(18)12(17)10(8)15/h6-7H,3-5,19H2,1-2H3. The molecule has 1 rings (SSSR count). The second kappa shape index (κ2) is 6.32. The molecule has 6 heteroatoms. The zero-order valence-electron chi connectivity index (χ0n) is 10.7. The highest BCUT2D eigenvalue weighted by atomic mass is 19.2. The first-order valence-electron chi connectivity index (χ1n) is 6.04. The maximum Gasteiger partial charge on any atom is 0.200 e. The Morgan fingerprint density at radius 2 is 1.21 bits per heavy atom. The summed E-state index contributed by atoms with van der Waals surface area (Å²) in [6.45, 7) is 3.92. The van der Waals surface area contributed by atoms with Gasteiger partial charge in [-0.05, 0) is 12.3 Å². The lowest BCUT2D eigenvalue weighted by molar-refractivity contribution is 0.360. The fourth-order valence-electron chi connectivity index (χ4n) is 1.84. The quantitative estimate of drug-likeness (QED) is 0.488. The van der Waals surface area contributed by atoms with Gasteiger partial charge in [-0.25, -0.2) is 22.0 Å². The number of hydrogen-bond acceptors (Lipinski definition) is 1. The molecule has 0 radical (unpaired) electrons. The maximum absolute atomic E-state index is 13.4. The molecule has 0 aliphatic heterocycles.